The van der Waals surface area contributed by atoms with Gasteiger partial charge in [0.1, 0.15) is 0 Å². The summed E-state index contributed by atoms with van der Waals surface area (Å²) in [6, 6.07) is 0. The predicted octanol–water partition coefficient (Wildman–Crippen LogP) is 1.53. The Morgan fingerprint density at radius 2 is 2.50 bits per heavy atom. The van der Waals surface area contributed by atoms with Gasteiger partial charge in [0.25, 0.3) is 0 Å². The van der Waals surface area contributed by atoms with Crippen LogP contribution in [0.4, 0.5) is 0 Å². The summed E-state index contributed by atoms with van der Waals surface area (Å²) in [7, 11) is 0. The van der Waals surface area contributed by atoms with Crippen molar-refractivity contribution in [2.45, 2.75) is 6.42 Å². The average Bonchev–Trinajstić information content (AvgIpc) is 1.76. The standard InChI is InChI=1S/C5H5.Ir.2H/c1-2-4-5-3-1;;;/h1-3H,4H2;;;/q-1;+3;2*-1. The summed E-state index contributed by atoms with van der Waals surface area (Å²) < 4.78 is 0. The van der Waals surface area contributed by atoms with E-state index >= 15 is 0 Å². The minimum atomic E-state index is 0. The Hall–Kier alpha value is 0.129. The van der Waals surface area contributed by atoms with Gasteiger partial charge in [-0.3, -0.25) is 6.08 Å². The maximum atomic E-state index is 2.99. The molecule has 0 saturated carbocycles. The average molecular weight is 259 g/mol. The summed E-state index contributed by atoms with van der Waals surface area (Å²) in [5, 5.41) is 0. The normalized spacial score (nSPS) is 14.7. The zero-order chi connectivity index (χ0) is 3.54. The fraction of sp³-hybridized carbons (Fsp3) is 0.200. The molecule has 0 atom stereocenters. The molecule has 6 heavy (non-hydrogen) atoms. The third-order valence-electron chi connectivity index (χ3n) is 0.586. The van der Waals surface area contributed by atoms with E-state index in [0.717, 1.165) is 6.42 Å². The van der Waals surface area contributed by atoms with Crippen molar-refractivity contribution >= 4 is 0 Å². The summed E-state index contributed by atoms with van der Waals surface area (Å²) >= 11 is 0. The molecule has 0 saturated heterocycles. The van der Waals surface area contributed by atoms with Crippen molar-refractivity contribution in [2.75, 3.05) is 0 Å². The van der Waals surface area contributed by atoms with Crippen LogP contribution in [-0.4, -0.2) is 0 Å². The molecule has 0 aromatic heterocycles. The van der Waals surface area contributed by atoms with Crippen LogP contribution in [-0.2, 0) is 20.1 Å². The van der Waals surface area contributed by atoms with Gasteiger partial charge in [0.15, 0.2) is 0 Å². The molecule has 0 unspecified atom stereocenters. The summed E-state index contributed by atoms with van der Waals surface area (Å²) in [6.45, 7) is 0. The second-order valence-electron chi connectivity index (χ2n) is 1.00. The Morgan fingerprint density at radius 1 is 1.67 bits per heavy atom. The molecule has 0 radical (unpaired) electrons. The van der Waals surface area contributed by atoms with E-state index in [1.54, 1.807) is 0 Å². The largest absolute Gasteiger partial charge is 3.00 e. The van der Waals surface area contributed by atoms with Crippen LogP contribution in [0.1, 0.15) is 9.27 Å². The van der Waals surface area contributed by atoms with E-state index in [2.05, 4.69) is 12.2 Å². The van der Waals surface area contributed by atoms with Crippen LogP contribution in [0.25, 0.3) is 0 Å². The molecule has 0 aromatic carbocycles. The van der Waals surface area contributed by atoms with Crippen molar-refractivity contribution in [1.82, 2.24) is 0 Å². The van der Waals surface area contributed by atoms with E-state index in [1.165, 1.54) is 0 Å². The maximum Gasteiger partial charge on any atom is 3.00 e. The SMILES string of the molecule is [C-]1=CC=CC1.[H-].[H-].[Ir+3]. The summed E-state index contributed by atoms with van der Waals surface area (Å²) in [5.74, 6) is 0. The first kappa shape index (κ1) is 6.13. The molecule has 0 fully saturated rings. The van der Waals surface area contributed by atoms with E-state index in [4.69, 9.17) is 0 Å². The molecule has 0 nitrogen and oxygen atoms in total. The van der Waals surface area contributed by atoms with Crippen molar-refractivity contribution in [2.24, 2.45) is 0 Å². The molecule has 1 aliphatic rings. The second-order valence-corrected chi connectivity index (χ2v) is 1.00. The molecule has 0 amide bonds. The van der Waals surface area contributed by atoms with Crippen molar-refractivity contribution in [1.29, 1.82) is 0 Å². The molecule has 0 aliphatic heterocycles. The van der Waals surface area contributed by atoms with Gasteiger partial charge in [-0.05, 0) is 0 Å². The van der Waals surface area contributed by atoms with E-state index in [9.17, 15) is 0 Å². The molecule has 0 bridgehead atoms. The van der Waals surface area contributed by atoms with E-state index in [1.807, 2.05) is 12.2 Å². The monoisotopic (exact) mass is 260 g/mol. The molecular weight excluding hydrogens is 252 g/mol. The van der Waals surface area contributed by atoms with Crippen LogP contribution < -0.4 is 0 Å². The van der Waals surface area contributed by atoms with Gasteiger partial charge >= 0.3 is 20.1 Å². The van der Waals surface area contributed by atoms with Crippen LogP contribution in [0.5, 0.6) is 0 Å². The molecule has 0 N–H and O–H groups in total. The van der Waals surface area contributed by atoms with E-state index < -0.39 is 0 Å². The second kappa shape index (κ2) is 3.32. The van der Waals surface area contributed by atoms with Crippen molar-refractivity contribution in [3.63, 3.8) is 0 Å². The van der Waals surface area contributed by atoms with Gasteiger partial charge in [-0.1, -0.05) is 0 Å². The van der Waals surface area contributed by atoms with Crippen molar-refractivity contribution < 1.29 is 23.0 Å². The van der Waals surface area contributed by atoms with Gasteiger partial charge in [0.2, 0.25) is 0 Å². The first-order chi connectivity index (χ1) is 2.50. The Labute approximate surface area is 54.3 Å². The molecule has 36 valence electrons. The van der Waals surface area contributed by atoms with Gasteiger partial charge in [0.05, 0.1) is 0 Å². The van der Waals surface area contributed by atoms with Gasteiger partial charge in [0, 0.05) is 0 Å². The third-order valence-corrected chi connectivity index (χ3v) is 0.586. The summed E-state index contributed by atoms with van der Waals surface area (Å²) in [6.07, 6.45) is 10.0. The van der Waals surface area contributed by atoms with Crippen LogP contribution >= 0.6 is 0 Å². The smallest absolute Gasteiger partial charge is 1.00 e. The van der Waals surface area contributed by atoms with Crippen LogP contribution in [0.2, 0.25) is 0 Å². The van der Waals surface area contributed by atoms with Gasteiger partial charge in [-0.25, -0.2) is 12.2 Å². The molecule has 1 aliphatic carbocycles. The van der Waals surface area contributed by atoms with Crippen LogP contribution in [0.15, 0.2) is 18.2 Å². The first-order valence-electron chi connectivity index (χ1n) is 1.72. The van der Waals surface area contributed by atoms with Gasteiger partial charge in [-0.2, -0.15) is 6.08 Å². The quantitative estimate of drug-likeness (QED) is 0.579. The minimum absolute atomic E-state index is 0. The number of hydrogen-bond donors (Lipinski definition) is 0. The number of allylic oxidation sites excluding steroid dienone is 4. The zero-order valence-electron chi connectivity index (χ0n) is 5.27. The maximum absolute atomic E-state index is 2.99. The third kappa shape index (κ3) is 1.54. The van der Waals surface area contributed by atoms with Crippen molar-refractivity contribution in [3.05, 3.63) is 24.3 Å². The van der Waals surface area contributed by atoms with Crippen LogP contribution in [0.3, 0.4) is 0 Å². The predicted molar refractivity (Wildman–Crippen MR) is 23.8 cm³/mol. The Kier molecular flexibility index (Phi) is 3.40. The van der Waals surface area contributed by atoms with Crippen molar-refractivity contribution in [3.8, 4) is 0 Å². The van der Waals surface area contributed by atoms with E-state index in [-0.39, 0.29) is 23.0 Å². The summed E-state index contributed by atoms with van der Waals surface area (Å²) in [4.78, 5) is 0. The van der Waals surface area contributed by atoms with Gasteiger partial charge < -0.3 is 2.85 Å². The Bertz CT molecular complexity index is 68.5. The molecule has 0 spiro atoms. The fourth-order valence-corrected chi connectivity index (χ4v) is 0.340. The topological polar surface area (TPSA) is 0 Å². The Morgan fingerprint density at radius 3 is 2.67 bits per heavy atom. The number of hydrogen-bond acceptors (Lipinski definition) is 0. The Balaban J connectivity index is -0.0000000833. The first-order valence-corrected chi connectivity index (χ1v) is 1.72. The zero-order valence-corrected chi connectivity index (χ0v) is 5.67. The minimum Gasteiger partial charge on any atom is -1.00 e. The molecule has 0 aromatic rings. The molecular formula is C5H7Ir. The summed E-state index contributed by atoms with van der Waals surface area (Å²) in [5.41, 5.74) is 0. The molecule has 1 heteroatoms. The fourth-order valence-electron chi connectivity index (χ4n) is 0.340. The number of rotatable bonds is 0. The van der Waals surface area contributed by atoms with E-state index in [0.29, 0.717) is 0 Å². The molecule has 1 rings (SSSR count). The molecule has 0 heterocycles. The van der Waals surface area contributed by atoms with Crippen LogP contribution in [0, 0.1) is 6.08 Å². The van der Waals surface area contributed by atoms with Gasteiger partial charge in [-0.15, -0.1) is 6.42 Å².